The van der Waals surface area contributed by atoms with Crippen LogP contribution in [0.4, 0.5) is 0 Å². The molecule has 0 bridgehead atoms. The molecular weight excluding hydrogens is 280 g/mol. The van der Waals surface area contributed by atoms with Crippen molar-refractivity contribution in [2.75, 3.05) is 31.2 Å². The zero-order valence-corrected chi connectivity index (χ0v) is 12.6. The van der Waals surface area contributed by atoms with Crippen LogP contribution in [-0.4, -0.2) is 61.6 Å². The van der Waals surface area contributed by atoms with E-state index in [9.17, 15) is 18.3 Å². The summed E-state index contributed by atoms with van der Waals surface area (Å²) in [6.45, 7) is 0.344. The van der Waals surface area contributed by atoms with Crippen LogP contribution in [0.15, 0.2) is 0 Å². The summed E-state index contributed by atoms with van der Waals surface area (Å²) in [7, 11) is -3.05. The lowest BCUT2D eigenvalue weighted by atomic mass is 9.84. The lowest BCUT2D eigenvalue weighted by Crippen LogP contribution is -2.52. The fourth-order valence-corrected chi connectivity index (χ4v) is 5.17. The summed E-state index contributed by atoms with van der Waals surface area (Å²) < 4.78 is 23.2. The van der Waals surface area contributed by atoms with Gasteiger partial charge < -0.3 is 15.7 Å². The van der Waals surface area contributed by atoms with E-state index in [1.165, 1.54) is 0 Å². The molecule has 0 aromatic heterocycles. The molecule has 2 aliphatic rings. The Morgan fingerprint density at radius 3 is 2.45 bits per heavy atom. The van der Waals surface area contributed by atoms with Crippen molar-refractivity contribution in [2.24, 2.45) is 11.1 Å². The van der Waals surface area contributed by atoms with Crippen molar-refractivity contribution >= 4 is 15.7 Å². The Labute approximate surface area is 120 Å². The maximum Gasteiger partial charge on any atom is 0.230 e. The molecule has 0 radical (unpaired) electrons. The summed E-state index contributed by atoms with van der Waals surface area (Å²) in [6.07, 6.45) is 3.97. The first kappa shape index (κ1) is 15.7. The van der Waals surface area contributed by atoms with E-state index in [4.69, 9.17) is 5.73 Å². The van der Waals surface area contributed by atoms with Gasteiger partial charge in [-0.3, -0.25) is 4.79 Å². The Kier molecular flexibility index (Phi) is 4.71. The molecule has 116 valence electrons. The minimum Gasteiger partial charge on any atom is -0.395 e. The van der Waals surface area contributed by atoms with Crippen molar-refractivity contribution in [3.8, 4) is 0 Å². The highest BCUT2D eigenvalue weighted by Crippen LogP contribution is 2.39. The fraction of sp³-hybridized carbons (Fsp3) is 0.923. The summed E-state index contributed by atoms with van der Waals surface area (Å²) >= 11 is 0. The zero-order valence-electron chi connectivity index (χ0n) is 11.8. The van der Waals surface area contributed by atoms with Gasteiger partial charge in [0.05, 0.1) is 23.5 Å². The molecule has 7 heteroatoms. The number of hydrogen-bond acceptors (Lipinski definition) is 5. The first-order valence-electron chi connectivity index (χ1n) is 7.26. The molecule has 1 aliphatic heterocycles. The van der Waals surface area contributed by atoms with E-state index in [0.717, 1.165) is 25.7 Å². The van der Waals surface area contributed by atoms with Crippen molar-refractivity contribution in [1.29, 1.82) is 0 Å². The monoisotopic (exact) mass is 304 g/mol. The van der Waals surface area contributed by atoms with Crippen molar-refractivity contribution in [2.45, 2.75) is 38.1 Å². The molecule has 1 amide bonds. The van der Waals surface area contributed by atoms with Gasteiger partial charge in [-0.25, -0.2) is 8.42 Å². The maximum atomic E-state index is 12.8. The van der Waals surface area contributed by atoms with Gasteiger partial charge in [-0.15, -0.1) is 0 Å². The second kappa shape index (κ2) is 5.99. The van der Waals surface area contributed by atoms with Crippen LogP contribution in [0.2, 0.25) is 0 Å². The van der Waals surface area contributed by atoms with Crippen LogP contribution < -0.4 is 5.73 Å². The highest BCUT2D eigenvalue weighted by molar-refractivity contribution is 7.91. The van der Waals surface area contributed by atoms with Crippen LogP contribution in [0.25, 0.3) is 0 Å². The van der Waals surface area contributed by atoms with Crippen molar-refractivity contribution in [1.82, 2.24) is 4.90 Å². The van der Waals surface area contributed by atoms with Crippen molar-refractivity contribution in [3.63, 3.8) is 0 Å². The van der Waals surface area contributed by atoms with Crippen molar-refractivity contribution < 1.29 is 18.3 Å². The average Bonchev–Trinajstić information content (AvgIpc) is 3.02. The smallest absolute Gasteiger partial charge is 0.230 e. The molecule has 20 heavy (non-hydrogen) atoms. The van der Waals surface area contributed by atoms with Crippen LogP contribution in [0, 0.1) is 5.41 Å². The van der Waals surface area contributed by atoms with Gasteiger partial charge in [0.2, 0.25) is 5.91 Å². The molecule has 1 aliphatic carbocycles. The third kappa shape index (κ3) is 2.99. The number of hydrogen-bond donors (Lipinski definition) is 2. The zero-order chi connectivity index (χ0) is 14.8. The second-order valence-corrected chi connectivity index (χ2v) is 8.20. The lowest BCUT2D eigenvalue weighted by Gasteiger charge is -2.36. The standard InChI is InChI=1S/C13H24N2O4S/c14-10-13(4-1-2-5-13)12(17)15(6-7-16)11-3-8-20(18,19)9-11/h11,16H,1-10,14H2. The average molecular weight is 304 g/mol. The molecular formula is C13H24N2O4S. The van der Waals surface area contributed by atoms with Crippen LogP contribution in [0.1, 0.15) is 32.1 Å². The van der Waals surface area contributed by atoms with Crippen LogP contribution in [-0.2, 0) is 14.6 Å². The number of carbonyl (C=O) groups excluding carboxylic acids is 1. The molecule has 0 spiro atoms. The van der Waals surface area contributed by atoms with Gasteiger partial charge in [-0.1, -0.05) is 12.8 Å². The number of amides is 1. The molecule has 2 rings (SSSR count). The third-order valence-electron chi connectivity index (χ3n) is 4.66. The Hall–Kier alpha value is -0.660. The number of aliphatic hydroxyl groups excluding tert-OH is 1. The number of sulfone groups is 1. The highest BCUT2D eigenvalue weighted by Gasteiger charge is 2.45. The van der Waals surface area contributed by atoms with Crippen molar-refractivity contribution in [3.05, 3.63) is 0 Å². The second-order valence-electron chi connectivity index (χ2n) is 5.97. The predicted octanol–water partition coefficient (Wildman–Crippen LogP) is -0.486. The molecule has 1 unspecified atom stereocenters. The Balaban J connectivity index is 2.18. The number of carbonyl (C=O) groups is 1. The van der Waals surface area contributed by atoms with E-state index in [0.29, 0.717) is 13.0 Å². The number of rotatable bonds is 5. The van der Waals surface area contributed by atoms with Gasteiger partial charge in [-0.2, -0.15) is 0 Å². The van der Waals surface area contributed by atoms with E-state index >= 15 is 0 Å². The summed E-state index contributed by atoms with van der Waals surface area (Å²) in [4.78, 5) is 14.4. The van der Waals surface area contributed by atoms with Gasteiger partial charge in [-0.05, 0) is 19.3 Å². The summed E-state index contributed by atoms with van der Waals surface area (Å²) in [5.74, 6) is 0.0793. The number of nitrogens with two attached hydrogens (primary N) is 1. The minimum absolute atomic E-state index is 0.0133. The lowest BCUT2D eigenvalue weighted by molar-refractivity contribution is -0.144. The Morgan fingerprint density at radius 2 is 2.00 bits per heavy atom. The van der Waals surface area contributed by atoms with Crippen LogP contribution in [0.5, 0.6) is 0 Å². The first-order valence-corrected chi connectivity index (χ1v) is 9.09. The van der Waals surface area contributed by atoms with E-state index in [1.807, 2.05) is 0 Å². The molecule has 1 saturated heterocycles. The number of aliphatic hydroxyl groups is 1. The summed E-state index contributed by atoms with van der Waals surface area (Å²) in [5, 5.41) is 9.20. The Bertz CT molecular complexity index is 457. The topological polar surface area (TPSA) is 101 Å². The molecule has 0 aromatic rings. The highest BCUT2D eigenvalue weighted by atomic mass is 32.2. The maximum absolute atomic E-state index is 12.8. The number of nitrogens with zero attached hydrogens (tertiary/aromatic N) is 1. The predicted molar refractivity (Wildman–Crippen MR) is 75.8 cm³/mol. The summed E-state index contributed by atoms with van der Waals surface area (Å²) in [5.41, 5.74) is 5.29. The van der Waals surface area contributed by atoms with Gasteiger partial charge >= 0.3 is 0 Å². The molecule has 1 heterocycles. The largest absolute Gasteiger partial charge is 0.395 e. The fourth-order valence-electron chi connectivity index (χ4n) is 3.44. The van der Waals surface area contributed by atoms with Crippen LogP contribution >= 0.6 is 0 Å². The van der Waals surface area contributed by atoms with Gasteiger partial charge in [0.1, 0.15) is 0 Å². The quantitative estimate of drug-likeness (QED) is 0.714. The third-order valence-corrected chi connectivity index (χ3v) is 6.41. The summed E-state index contributed by atoms with van der Waals surface area (Å²) in [6, 6.07) is -0.302. The molecule has 6 nitrogen and oxygen atoms in total. The first-order chi connectivity index (χ1) is 9.44. The molecule has 1 atom stereocenters. The Morgan fingerprint density at radius 1 is 1.35 bits per heavy atom. The van der Waals surface area contributed by atoms with Gasteiger partial charge in [0.15, 0.2) is 9.84 Å². The van der Waals surface area contributed by atoms with E-state index in [-0.39, 0.29) is 36.6 Å². The van der Waals surface area contributed by atoms with E-state index in [1.54, 1.807) is 4.90 Å². The molecule has 1 saturated carbocycles. The SMILES string of the molecule is NCC1(C(=O)N(CCO)C2CCS(=O)(=O)C2)CCCC1. The van der Waals surface area contributed by atoms with E-state index in [2.05, 4.69) is 0 Å². The van der Waals surface area contributed by atoms with Crippen LogP contribution in [0.3, 0.4) is 0 Å². The molecule has 0 aromatic carbocycles. The molecule has 3 N–H and O–H groups in total. The van der Waals surface area contributed by atoms with E-state index < -0.39 is 15.3 Å². The van der Waals surface area contributed by atoms with Gasteiger partial charge in [0, 0.05) is 19.1 Å². The minimum atomic E-state index is -3.05. The molecule has 2 fully saturated rings. The van der Waals surface area contributed by atoms with Gasteiger partial charge in [0.25, 0.3) is 0 Å². The normalized spacial score (nSPS) is 27.6.